The summed E-state index contributed by atoms with van der Waals surface area (Å²) in [4.78, 5) is 0. The molecule has 0 amide bonds. The van der Waals surface area contributed by atoms with Crippen LogP contribution in [0.3, 0.4) is 0 Å². The Morgan fingerprint density at radius 1 is 1.38 bits per heavy atom. The molecule has 4 heteroatoms. The van der Waals surface area contributed by atoms with E-state index in [1.54, 1.807) is 0 Å². The summed E-state index contributed by atoms with van der Waals surface area (Å²) in [7, 11) is 0. The van der Waals surface area contributed by atoms with E-state index in [9.17, 15) is 0 Å². The van der Waals surface area contributed by atoms with Crippen LogP contribution in [0.25, 0.3) is 0 Å². The Bertz CT molecular complexity index is 350. The summed E-state index contributed by atoms with van der Waals surface area (Å²) in [6.07, 6.45) is 2.57. The number of benzene rings is 1. The third-order valence-electron chi connectivity index (χ3n) is 2.55. The van der Waals surface area contributed by atoms with Crippen LogP contribution in [-0.2, 0) is 11.3 Å². The lowest BCUT2D eigenvalue weighted by Crippen LogP contribution is -2.05. The molecule has 0 heterocycles. The van der Waals surface area contributed by atoms with Gasteiger partial charge in [0.05, 0.1) is 13.2 Å². The third kappa shape index (κ3) is 3.47. The van der Waals surface area contributed by atoms with E-state index in [-0.39, 0.29) is 13.4 Å². The van der Waals surface area contributed by atoms with Gasteiger partial charge in [-0.25, -0.2) is 0 Å². The van der Waals surface area contributed by atoms with Crippen molar-refractivity contribution in [1.29, 1.82) is 0 Å². The molecule has 1 aromatic carbocycles. The zero-order valence-electron chi connectivity index (χ0n) is 8.99. The fraction of sp³-hybridized carbons (Fsp3) is 0.500. The molecular weight excluding hydrogens is 272 g/mol. The highest BCUT2D eigenvalue weighted by atomic mass is 79.9. The number of hydrogen-bond donors (Lipinski definition) is 1. The summed E-state index contributed by atoms with van der Waals surface area (Å²) in [5.74, 6) is 1.48. The minimum absolute atomic E-state index is 0.000709. The summed E-state index contributed by atoms with van der Waals surface area (Å²) < 4.78 is 11.7. The molecule has 0 radical (unpaired) electrons. The highest BCUT2D eigenvalue weighted by Crippen LogP contribution is 2.28. The average Bonchev–Trinajstić information content (AvgIpc) is 3.10. The van der Waals surface area contributed by atoms with Gasteiger partial charge >= 0.3 is 0 Å². The van der Waals surface area contributed by atoms with Gasteiger partial charge < -0.3 is 14.6 Å². The van der Waals surface area contributed by atoms with Crippen molar-refractivity contribution in [3.63, 3.8) is 0 Å². The molecule has 1 aliphatic carbocycles. The first kappa shape index (κ1) is 11.9. The van der Waals surface area contributed by atoms with Crippen molar-refractivity contribution < 1.29 is 14.6 Å². The Morgan fingerprint density at radius 3 is 2.88 bits per heavy atom. The van der Waals surface area contributed by atoms with Crippen LogP contribution in [-0.4, -0.2) is 18.5 Å². The van der Waals surface area contributed by atoms with Gasteiger partial charge in [-0.05, 0) is 42.5 Å². The Morgan fingerprint density at radius 2 is 2.19 bits per heavy atom. The maximum atomic E-state index is 9.08. The largest absolute Gasteiger partial charge is 0.468 e. The van der Waals surface area contributed by atoms with Crippen LogP contribution in [0, 0.1) is 5.92 Å². The first-order valence-corrected chi connectivity index (χ1v) is 6.18. The van der Waals surface area contributed by atoms with Crippen molar-refractivity contribution in [1.82, 2.24) is 0 Å². The van der Waals surface area contributed by atoms with Crippen molar-refractivity contribution in [2.45, 2.75) is 19.4 Å². The van der Waals surface area contributed by atoms with Crippen molar-refractivity contribution in [3.05, 3.63) is 28.2 Å². The van der Waals surface area contributed by atoms with Crippen LogP contribution in [0.4, 0.5) is 0 Å². The van der Waals surface area contributed by atoms with E-state index in [0.29, 0.717) is 0 Å². The molecule has 16 heavy (non-hydrogen) atoms. The molecule has 0 bridgehead atoms. The monoisotopic (exact) mass is 286 g/mol. The molecule has 1 aromatic rings. The number of halogens is 1. The summed E-state index contributed by atoms with van der Waals surface area (Å²) in [5, 5.41) is 9.08. The molecule has 1 N–H and O–H groups in total. The van der Waals surface area contributed by atoms with E-state index in [0.717, 1.165) is 28.3 Å². The summed E-state index contributed by atoms with van der Waals surface area (Å²) in [6.45, 7) is 1.08. The molecule has 2 rings (SSSR count). The van der Waals surface area contributed by atoms with Gasteiger partial charge in [0.15, 0.2) is 6.79 Å². The minimum atomic E-state index is 0.000709. The molecule has 1 aliphatic rings. The molecule has 0 aliphatic heterocycles. The van der Waals surface area contributed by atoms with E-state index in [1.165, 1.54) is 12.8 Å². The van der Waals surface area contributed by atoms with Crippen molar-refractivity contribution in [3.8, 4) is 5.75 Å². The lowest BCUT2D eigenvalue weighted by Gasteiger charge is -2.08. The van der Waals surface area contributed by atoms with Gasteiger partial charge in [0.2, 0.25) is 0 Å². The van der Waals surface area contributed by atoms with Gasteiger partial charge in [0.25, 0.3) is 0 Å². The van der Waals surface area contributed by atoms with Crippen molar-refractivity contribution in [2.75, 3.05) is 13.4 Å². The second-order valence-electron chi connectivity index (χ2n) is 3.99. The van der Waals surface area contributed by atoms with Gasteiger partial charge in [-0.15, -0.1) is 0 Å². The highest BCUT2D eigenvalue weighted by molar-refractivity contribution is 9.10. The van der Waals surface area contributed by atoms with Gasteiger partial charge in [-0.3, -0.25) is 0 Å². The van der Waals surface area contributed by atoms with Gasteiger partial charge in [-0.1, -0.05) is 15.9 Å². The third-order valence-corrected chi connectivity index (χ3v) is 3.32. The molecular formula is C12H15BrO3. The quantitative estimate of drug-likeness (QED) is 0.646. The van der Waals surface area contributed by atoms with Crippen molar-refractivity contribution >= 4 is 15.9 Å². The van der Waals surface area contributed by atoms with E-state index >= 15 is 0 Å². The first-order valence-electron chi connectivity index (χ1n) is 5.39. The van der Waals surface area contributed by atoms with Crippen LogP contribution in [0.5, 0.6) is 5.75 Å². The normalized spacial score (nSPS) is 15.1. The van der Waals surface area contributed by atoms with E-state index in [1.807, 2.05) is 18.2 Å². The summed E-state index contributed by atoms with van der Waals surface area (Å²) >= 11 is 3.35. The van der Waals surface area contributed by atoms with Crippen LogP contribution < -0.4 is 4.74 Å². The molecule has 0 spiro atoms. The van der Waals surface area contributed by atoms with Crippen LogP contribution in [0.2, 0.25) is 0 Å². The maximum Gasteiger partial charge on any atom is 0.189 e. The molecule has 0 unspecified atom stereocenters. The molecule has 1 saturated carbocycles. The predicted molar refractivity (Wildman–Crippen MR) is 64.2 cm³/mol. The number of rotatable bonds is 6. The molecule has 1 fully saturated rings. The fourth-order valence-electron chi connectivity index (χ4n) is 1.37. The lowest BCUT2D eigenvalue weighted by atomic mass is 10.2. The minimum Gasteiger partial charge on any atom is -0.468 e. The topological polar surface area (TPSA) is 38.7 Å². The number of ether oxygens (including phenoxy) is 2. The maximum absolute atomic E-state index is 9.08. The van der Waals surface area contributed by atoms with Crippen LogP contribution in [0.1, 0.15) is 18.4 Å². The van der Waals surface area contributed by atoms with E-state index in [2.05, 4.69) is 15.9 Å². The Hall–Kier alpha value is -0.580. The van der Waals surface area contributed by atoms with Gasteiger partial charge in [-0.2, -0.15) is 0 Å². The molecule has 0 atom stereocenters. The Kier molecular flexibility index (Phi) is 4.21. The Labute approximate surface area is 104 Å². The van der Waals surface area contributed by atoms with Gasteiger partial charge in [0.1, 0.15) is 5.75 Å². The van der Waals surface area contributed by atoms with Gasteiger partial charge in [0, 0.05) is 4.47 Å². The zero-order valence-corrected chi connectivity index (χ0v) is 10.6. The Balaban J connectivity index is 1.78. The zero-order chi connectivity index (χ0) is 11.4. The second-order valence-corrected chi connectivity index (χ2v) is 4.84. The molecule has 88 valence electrons. The molecule has 0 aromatic heterocycles. The van der Waals surface area contributed by atoms with Crippen molar-refractivity contribution in [2.24, 2.45) is 5.92 Å². The number of aliphatic hydroxyl groups excluding tert-OH is 1. The van der Waals surface area contributed by atoms with E-state index < -0.39 is 0 Å². The van der Waals surface area contributed by atoms with Crippen LogP contribution in [0.15, 0.2) is 22.7 Å². The number of aliphatic hydroxyl groups is 1. The standard InChI is InChI=1S/C12H15BrO3/c13-12-4-3-11(5-10(12)6-14)16-8-15-7-9-1-2-9/h3-5,9,14H,1-2,6-8H2. The van der Waals surface area contributed by atoms with Crippen LogP contribution >= 0.6 is 15.9 Å². The second kappa shape index (κ2) is 5.66. The predicted octanol–water partition coefficient (Wildman–Crippen LogP) is 2.70. The SMILES string of the molecule is OCc1cc(OCOCC2CC2)ccc1Br. The summed E-state index contributed by atoms with van der Waals surface area (Å²) in [5.41, 5.74) is 0.819. The first-order chi connectivity index (χ1) is 7.79. The highest BCUT2D eigenvalue weighted by Gasteiger charge is 2.21. The number of hydrogen-bond acceptors (Lipinski definition) is 3. The smallest absolute Gasteiger partial charge is 0.189 e. The summed E-state index contributed by atoms with van der Waals surface area (Å²) in [6, 6.07) is 5.52. The average molecular weight is 287 g/mol. The molecule has 0 saturated heterocycles. The van der Waals surface area contributed by atoms with E-state index in [4.69, 9.17) is 14.6 Å². The molecule has 3 nitrogen and oxygen atoms in total. The lowest BCUT2D eigenvalue weighted by molar-refractivity contribution is 0.00989. The fourth-order valence-corrected chi connectivity index (χ4v) is 1.74.